The van der Waals surface area contributed by atoms with Crippen molar-refractivity contribution in [2.45, 2.75) is 64.7 Å². The van der Waals surface area contributed by atoms with Gasteiger partial charge in [0.25, 0.3) is 0 Å². The van der Waals surface area contributed by atoms with Crippen LogP contribution in [0.25, 0.3) is 0 Å². The number of nitrogens with zero attached hydrogens (tertiary/aromatic N) is 3. The molecule has 0 aliphatic carbocycles. The van der Waals surface area contributed by atoms with Gasteiger partial charge in [-0.3, -0.25) is 4.98 Å². The first-order chi connectivity index (χ1) is 11.9. The second-order valence-electron chi connectivity index (χ2n) is 7.18. The summed E-state index contributed by atoms with van der Waals surface area (Å²) in [7, 11) is 1.56. The summed E-state index contributed by atoms with van der Waals surface area (Å²) in [5.41, 5.74) is 0.204. The molecule has 0 bridgehead atoms. The predicted molar refractivity (Wildman–Crippen MR) is 93.4 cm³/mol. The number of likely N-dealkylation sites (tertiary alicyclic amines) is 1. The lowest BCUT2D eigenvalue weighted by Gasteiger charge is -2.36. The van der Waals surface area contributed by atoms with Gasteiger partial charge in [-0.1, -0.05) is 0 Å². The molecular formula is C18H29N3O4. The minimum Gasteiger partial charge on any atom is -0.480 e. The highest BCUT2D eigenvalue weighted by Gasteiger charge is 2.30. The van der Waals surface area contributed by atoms with Crippen LogP contribution in [0.15, 0.2) is 12.4 Å². The van der Waals surface area contributed by atoms with Gasteiger partial charge in [0.05, 0.1) is 13.7 Å². The van der Waals surface area contributed by atoms with E-state index in [1.165, 1.54) is 0 Å². The van der Waals surface area contributed by atoms with Gasteiger partial charge in [-0.2, -0.15) is 0 Å². The van der Waals surface area contributed by atoms with Gasteiger partial charge in [-0.15, -0.1) is 0 Å². The average Bonchev–Trinajstić information content (AvgIpc) is 2.58. The largest absolute Gasteiger partial charge is 0.480 e. The zero-order valence-electron chi connectivity index (χ0n) is 15.7. The van der Waals surface area contributed by atoms with Crippen molar-refractivity contribution in [3.8, 4) is 5.88 Å². The first kappa shape index (κ1) is 19.4. The van der Waals surface area contributed by atoms with Gasteiger partial charge in [0.1, 0.15) is 11.3 Å². The first-order valence-corrected chi connectivity index (χ1v) is 8.82. The Bertz CT molecular complexity index is 559. The molecule has 0 N–H and O–H groups in total. The second kappa shape index (κ2) is 8.99. The Labute approximate surface area is 149 Å². The molecule has 140 valence electrons. The molecule has 1 aromatic rings. The van der Waals surface area contributed by atoms with E-state index in [1.807, 2.05) is 25.7 Å². The zero-order valence-corrected chi connectivity index (χ0v) is 15.7. The van der Waals surface area contributed by atoms with Gasteiger partial charge in [0.15, 0.2) is 0 Å². The molecule has 1 aromatic heterocycles. The van der Waals surface area contributed by atoms with E-state index in [0.717, 1.165) is 32.2 Å². The number of carbonyl (C=O) groups excluding carboxylic acids is 1. The second-order valence-corrected chi connectivity index (χ2v) is 7.18. The van der Waals surface area contributed by atoms with Crippen molar-refractivity contribution in [2.75, 3.05) is 20.3 Å². The van der Waals surface area contributed by atoms with Crippen LogP contribution in [-0.4, -0.2) is 52.9 Å². The molecule has 25 heavy (non-hydrogen) atoms. The average molecular weight is 351 g/mol. The molecule has 7 nitrogen and oxygen atoms in total. The molecule has 0 unspecified atom stereocenters. The zero-order chi connectivity index (χ0) is 18.3. The van der Waals surface area contributed by atoms with E-state index in [2.05, 4.69) is 9.97 Å². The summed E-state index contributed by atoms with van der Waals surface area (Å²) in [4.78, 5) is 22.6. The Kier molecular flexibility index (Phi) is 6.99. The van der Waals surface area contributed by atoms with E-state index in [9.17, 15) is 4.79 Å². The lowest BCUT2D eigenvalue weighted by molar-refractivity contribution is 0.00362. The lowest BCUT2D eigenvalue weighted by atomic mass is 10.0. The summed E-state index contributed by atoms with van der Waals surface area (Å²) < 4.78 is 16.4. The maximum Gasteiger partial charge on any atom is 0.410 e. The highest BCUT2D eigenvalue weighted by atomic mass is 16.6. The van der Waals surface area contributed by atoms with Gasteiger partial charge in [-0.25, -0.2) is 9.78 Å². The van der Waals surface area contributed by atoms with E-state index < -0.39 is 5.60 Å². The fourth-order valence-corrected chi connectivity index (χ4v) is 2.87. The van der Waals surface area contributed by atoms with E-state index in [0.29, 0.717) is 24.8 Å². The number of hydrogen-bond acceptors (Lipinski definition) is 6. The molecule has 2 heterocycles. The molecule has 1 aliphatic rings. The van der Waals surface area contributed by atoms with Gasteiger partial charge < -0.3 is 19.1 Å². The molecule has 1 amide bonds. The Hall–Kier alpha value is -1.89. The molecule has 7 heteroatoms. The number of ether oxygens (including phenoxy) is 3. The third-order valence-electron chi connectivity index (χ3n) is 4.02. The fourth-order valence-electron chi connectivity index (χ4n) is 2.87. The third-order valence-corrected chi connectivity index (χ3v) is 4.02. The number of carbonyl (C=O) groups is 1. The van der Waals surface area contributed by atoms with E-state index in [4.69, 9.17) is 14.2 Å². The van der Waals surface area contributed by atoms with Crippen LogP contribution >= 0.6 is 0 Å². The number of amides is 1. The standard InChI is InChI=1S/C18H29N3O4/c1-18(2,3)25-17(22)21-11-6-5-7-14(21)8-12-24-13-15-16(23-4)20-10-9-19-15/h9-10,14H,5-8,11-13H2,1-4H3/t14-/m1/s1. The molecule has 0 spiro atoms. The quantitative estimate of drug-likeness (QED) is 0.733. The highest BCUT2D eigenvalue weighted by molar-refractivity contribution is 5.68. The molecule has 0 radical (unpaired) electrons. The topological polar surface area (TPSA) is 73.8 Å². The van der Waals surface area contributed by atoms with E-state index in [-0.39, 0.29) is 12.1 Å². The van der Waals surface area contributed by atoms with Gasteiger partial charge in [-0.05, 0) is 46.5 Å². The minimum absolute atomic E-state index is 0.160. The number of hydrogen-bond donors (Lipinski definition) is 0. The van der Waals surface area contributed by atoms with Crippen molar-refractivity contribution < 1.29 is 19.0 Å². The third kappa shape index (κ3) is 6.16. The van der Waals surface area contributed by atoms with Crippen LogP contribution in [0.5, 0.6) is 5.88 Å². The summed E-state index contributed by atoms with van der Waals surface area (Å²) in [6.07, 6.45) is 6.89. The number of aromatic nitrogens is 2. The Morgan fingerprint density at radius 1 is 1.28 bits per heavy atom. The maximum atomic E-state index is 12.4. The number of piperidine rings is 1. The van der Waals surface area contributed by atoms with Crippen molar-refractivity contribution in [3.63, 3.8) is 0 Å². The number of rotatable bonds is 6. The molecule has 0 saturated carbocycles. The number of methoxy groups -OCH3 is 1. The van der Waals surface area contributed by atoms with Crippen LogP contribution in [-0.2, 0) is 16.1 Å². The summed E-state index contributed by atoms with van der Waals surface area (Å²) in [5.74, 6) is 0.482. The van der Waals surface area contributed by atoms with Gasteiger partial charge >= 0.3 is 6.09 Å². The normalized spacial score (nSPS) is 18.1. The molecule has 1 saturated heterocycles. The molecule has 2 rings (SSSR count). The first-order valence-electron chi connectivity index (χ1n) is 8.82. The Balaban J connectivity index is 1.82. The van der Waals surface area contributed by atoms with Crippen LogP contribution in [0.4, 0.5) is 4.79 Å². The van der Waals surface area contributed by atoms with Crippen LogP contribution in [0, 0.1) is 0 Å². The van der Waals surface area contributed by atoms with Crippen molar-refractivity contribution in [1.29, 1.82) is 0 Å². The minimum atomic E-state index is -0.474. The summed E-state index contributed by atoms with van der Waals surface area (Å²) in [6.45, 7) is 7.31. The molecule has 1 aliphatic heterocycles. The molecule has 0 aromatic carbocycles. The van der Waals surface area contributed by atoms with Crippen molar-refractivity contribution in [2.24, 2.45) is 0 Å². The molecular weight excluding hydrogens is 322 g/mol. The van der Waals surface area contributed by atoms with Crippen LogP contribution < -0.4 is 4.74 Å². The Morgan fingerprint density at radius 2 is 2.04 bits per heavy atom. The van der Waals surface area contributed by atoms with Crippen LogP contribution in [0.1, 0.15) is 52.1 Å². The Morgan fingerprint density at radius 3 is 2.76 bits per heavy atom. The van der Waals surface area contributed by atoms with Gasteiger partial charge in [0.2, 0.25) is 5.88 Å². The van der Waals surface area contributed by atoms with Gasteiger partial charge in [0, 0.05) is 31.6 Å². The van der Waals surface area contributed by atoms with Crippen LogP contribution in [0.2, 0.25) is 0 Å². The van der Waals surface area contributed by atoms with Crippen molar-refractivity contribution in [1.82, 2.24) is 14.9 Å². The van der Waals surface area contributed by atoms with Crippen molar-refractivity contribution >= 4 is 6.09 Å². The van der Waals surface area contributed by atoms with Crippen molar-refractivity contribution in [3.05, 3.63) is 18.1 Å². The fraction of sp³-hybridized carbons (Fsp3) is 0.722. The highest BCUT2D eigenvalue weighted by Crippen LogP contribution is 2.23. The SMILES string of the molecule is COc1nccnc1COCC[C@H]1CCCCN1C(=O)OC(C)(C)C. The molecule has 1 atom stereocenters. The molecule has 1 fully saturated rings. The maximum absolute atomic E-state index is 12.4. The van der Waals surface area contributed by atoms with E-state index in [1.54, 1.807) is 19.5 Å². The monoisotopic (exact) mass is 351 g/mol. The summed E-state index contributed by atoms with van der Waals surface area (Å²) in [5, 5.41) is 0. The lowest BCUT2D eigenvalue weighted by Crippen LogP contribution is -2.46. The van der Waals surface area contributed by atoms with E-state index >= 15 is 0 Å². The smallest absolute Gasteiger partial charge is 0.410 e. The summed E-state index contributed by atoms with van der Waals surface area (Å²) in [6, 6.07) is 0.160. The predicted octanol–water partition coefficient (Wildman–Crippen LogP) is 3.18. The summed E-state index contributed by atoms with van der Waals surface area (Å²) >= 11 is 0. The van der Waals surface area contributed by atoms with Crippen LogP contribution in [0.3, 0.4) is 0 Å².